The molecule has 1 fully saturated rings. The lowest BCUT2D eigenvalue weighted by Gasteiger charge is -2.16. The van der Waals surface area contributed by atoms with Crippen LogP contribution in [0, 0.1) is 0 Å². The second kappa shape index (κ2) is 5.19. The van der Waals surface area contributed by atoms with Crippen LogP contribution in [0.4, 0.5) is 0 Å². The number of carboxylic acid groups (broad SMARTS) is 1. The number of hydrogen-bond acceptors (Lipinski definition) is 3. The Morgan fingerprint density at radius 3 is 3.00 bits per heavy atom. The molecule has 4 nitrogen and oxygen atoms in total. The molecule has 1 heterocycles. The first-order valence-electron chi connectivity index (χ1n) is 5.82. The molecule has 1 aromatic rings. The molecule has 0 spiro atoms. The predicted molar refractivity (Wildman–Crippen MR) is 64.3 cm³/mol. The summed E-state index contributed by atoms with van der Waals surface area (Å²) >= 11 is 0. The summed E-state index contributed by atoms with van der Waals surface area (Å²) in [6.45, 7) is 1.01. The van der Waals surface area contributed by atoms with E-state index in [-0.39, 0.29) is 6.42 Å². The zero-order valence-electron chi connectivity index (χ0n) is 9.90. The first kappa shape index (κ1) is 11.9. The van der Waals surface area contributed by atoms with Crippen LogP contribution >= 0.6 is 0 Å². The molecule has 0 aromatic heterocycles. The van der Waals surface area contributed by atoms with Crippen molar-refractivity contribution in [2.75, 3.05) is 13.7 Å². The van der Waals surface area contributed by atoms with Gasteiger partial charge in [0.25, 0.3) is 0 Å². The smallest absolute Gasteiger partial charge is 0.307 e. The Kier molecular flexibility index (Phi) is 3.64. The van der Waals surface area contributed by atoms with Crippen LogP contribution in [0.2, 0.25) is 0 Å². The topological polar surface area (TPSA) is 58.6 Å². The summed E-state index contributed by atoms with van der Waals surface area (Å²) < 4.78 is 5.33. The van der Waals surface area contributed by atoms with E-state index >= 15 is 0 Å². The van der Waals surface area contributed by atoms with Crippen LogP contribution in [0.5, 0.6) is 5.75 Å². The molecule has 1 atom stereocenters. The highest BCUT2D eigenvalue weighted by Crippen LogP contribution is 2.31. The van der Waals surface area contributed by atoms with Crippen LogP contribution < -0.4 is 10.1 Å². The van der Waals surface area contributed by atoms with Gasteiger partial charge < -0.3 is 15.2 Å². The van der Waals surface area contributed by atoms with Gasteiger partial charge in [-0.3, -0.25) is 4.79 Å². The number of hydrogen-bond donors (Lipinski definition) is 2. The maximum atomic E-state index is 10.7. The van der Waals surface area contributed by atoms with Gasteiger partial charge in [0.15, 0.2) is 0 Å². The normalized spacial score (nSPS) is 19.2. The van der Waals surface area contributed by atoms with Crippen LogP contribution in [0.15, 0.2) is 18.2 Å². The molecule has 1 aromatic carbocycles. The lowest BCUT2D eigenvalue weighted by Crippen LogP contribution is -2.14. The molecular weight excluding hydrogens is 218 g/mol. The Labute approximate surface area is 101 Å². The van der Waals surface area contributed by atoms with Gasteiger partial charge in [0, 0.05) is 11.6 Å². The van der Waals surface area contributed by atoms with Gasteiger partial charge in [0.05, 0.1) is 13.5 Å². The van der Waals surface area contributed by atoms with E-state index in [4.69, 9.17) is 9.84 Å². The Morgan fingerprint density at radius 2 is 2.41 bits per heavy atom. The maximum absolute atomic E-state index is 10.7. The van der Waals surface area contributed by atoms with Crippen LogP contribution in [0.25, 0.3) is 0 Å². The van der Waals surface area contributed by atoms with Crippen molar-refractivity contribution in [2.45, 2.75) is 25.3 Å². The molecule has 4 heteroatoms. The van der Waals surface area contributed by atoms with Gasteiger partial charge in [0.1, 0.15) is 5.75 Å². The second-order valence-corrected chi connectivity index (χ2v) is 4.30. The highest BCUT2D eigenvalue weighted by atomic mass is 16.5. The molecule has 0 unspecified atom stereocenters. The van der Waals surface area contributed by atoms with E-state index in [2.05, 4.69) is 5.32 Å². The minimum atomic E-state index is -0.805. The third kappa shape index (κ3) is 2.77. The van der Waals surface area contributed by atoms with Crippen LogP contribution in [-0.4, -0.2) is 24.7 Å². The summed E-state index contributed by atoms with van der Waals surface area (Å²) in [6, 6.07) is 5.90. The van der Waals surface area contributed by atoms with Gasteiger partial charge in [-0.05, 0) is 37.1 Å². The van der Waals surface area contributed by atoms with Crippen LogP contribution in [0.1, 0.15) is 30.0 Å². The molecular formula is C13H17NO3. The Bertz CT molecular complexity index is 411. The van der Waals surface area contributed by atoms with Crippen molar-refractivity contribution < 1.29 is 14.6 Å². The minimum absolute atomic E-state index is 0.0592. The fraction of sp³-hybridized carbons (Fsp3) is 0.462. The molecule has 0 amide bonds. The number of nitrogens with one attached hydrogen (secondary N) is 1. The number of ether oxygens (including phenoxy) is 1. The summed E-state index contributed by atoms with van der Waals surface area (Å²) in [4.78, 5) is 10.7. The van der Waals surface area contributed by atoms with Gasteiger partial charge >= 0.3 is 5.97 Å². The van der Waals surface area contributed by atoms with Crippen LogP contribution in [-0.2, 0) is 11.2 Å². The van der Waals surface area contributed by atoms with Crippen molar-refractivity contribution in [3.63, 3.8) is 0 Å². The lowest BCUT2D eigenvalue weighted by molar-refractivity contribution is -0.136. The summed E-state index contributed by atoms with van der Waals surface area (Å²) in [5.74, 6) is 0.0269. The molecule has 1 saturated heterocycles. The van der Waals surface area contributed by atoms with E-state index in [1.807, 2.05) is 18.2 Å². The Hall–Kier alpha value is -1.55. The first-order valence-corrected chi connectivity index (χ1v) is 5.82. The molecule has 2 N–H and O–H groups in total. The molecule has 1 aliphatic heterocycles. The molecule has 17 heavy (non-hydrogen) atoms. The van der Waals surface area contributed by atoms with Crippen molar-refractivity contribution in [2.24, 2.45) is 0 Å². The number of methoxy groups -OCH3 is 1. The zero-order chi connectivity index (χ0) is 12.3. The van der Waals surface area contributed by atoms with Crippen molar-refractivity contribution in [3.8, 4) is 5.75 Å². The molecule has 2 rings (SSSR count). The van der Waals surface area contributed by atoms with E-state index in [0.717, 1.165) is 36.3 Å². The van der Waals surface area contributed by atoms with E-state index < -0.39 is 5.97 Å². The van der Waals surface area contributed by atoms with E-state index in [1.54, 1.807) is 7.11 Å². The van der Waals surface area contributed by atoms with Crippen molar-refractivity contribution in [3.05, 3.63) is 29.3 Å². The second-order valence-electron chi connectivity index (χ2n) is 4.30. The van der Waals surface area contributed by atoms with Gasteiger partial charge in [-0.2, -0.15) is 0 Å². The van der Waals surface area contributed by atoms with E-state index in [1.165, 1.54) is 0 Å². The average molecular weight is 235 g/mol. The SMILES string of the molecule is COc1ccc(CC(=O)O)cc1[C@H]1CCCN1. The molecule has 0 radical (unpaired) electrons. The number of rotatable bonds is 4. The zero-order valence-corrected chi connectivity index (χ0v) is 9.90. The monoisotopic (exact) mass is 235 g/mol. The molecule has 0 saturated carbocycles. The standard InChI is InChI=1S/C13H17NO3/c1-17-12-5-4-9(8-13(15)16)7-10(12)11-3-2-6-14-11/h4-5,7,11,14H,2-3,6,8H2,1H3,(H,15,16)/t11-/m1/s1. The fourth-order valence-electron chi connectivity index (χ4n) is 2.29. The van der Waals surface area contributed by atoms with Gasteiger partial charge in [-0.15, -0.1) is 0 Å². The number of carbonyl (C=O) groups is 1. The quantitative estimate of drug-likeness (QED) is 0.834. The lowest BCUT2D eigenvalue weighted by atomic mass is 10.00. The average Bonchev–Trinajstić information content (AvgIpc) is 2.81. The molecule has 92 valence electrons. The van der Waals surface area contributed by atoms with Gasteiger partial charge in [-0.25, -0.2) is 0 Å². The third-order valence-electron chi connectivity index (χ3n) is 3.09. The number of aliphatic carboxylic acids is 1. The maximum Gasteiger partial charge on any atom is 0.307 e. The molecule has 0 aliphatic carbocycles. The first-order chi connectivity index (χ1) is 8.20. The van der Waals surface area contributed by atoms with E-state index in [0.29, 0.717) is 6.04 Å². The molecule has 0 bridgehead atoms. The highest BCUT2D eigenvalue weighted by Gasteiger charge is 2.20. The summed E-state index contributed by atoms with van der Waals surface area (Å²) in [6.07, 6.45) is 2.29. The largest absolute Gasteiger partial charge is 0.496 e. The van der Waals surface area contributed by atoms with Gasteiger partial charge in [-0.1, -0.05) is 6.07 Å². The van der Waals surface area contributed by atoms with Crippen molar-refractivity contribution in [1.82, 2.24) is 5.32 Å². The summed E-state index contributed by atoms with van der Waals surface area (Å²) in [7, 11) is 1.64. The Morgan fingerprint density at radius 1 is 1.59 bits per heavy atom. The summed E-state index contributed by atoms with van der Waals surface area (Å²) in [5.41, 5.74) is 1.89. The van der Waals surface area contributed by atoms with E-state index in [9.17, 15) is 4.79 Å². The summed E-state index contributed by atoms with van der Waals surface area (Å²) in [5, 5.41) is 12.2. The number of carboxylic acids is 1. The van der Waals surface area contributed by atoms with Gasteiger partial charge in [0.2, 0.25) is 0 Å². The number of benzene rings is 1. The minimum Gasteiger partial charge on any atom is -0.496 e. The van der Waals surface area contributed by atoms with Crippen LogP contribution in [0.3, 0.4) is 0 Å². The van der Waals surface area contributed by atoms with Crippen molar-refractivity contribution >= 4 is 5.97 Å². The fourth-order valence-corrected chi connectivity index (χ4v) is 2.29. The van der Waals surface area contributed by atoms with Crippen molar-refractivity contribution in [1.29, 1.82) is 0 Å². The molecule has 1 aliphatic rings. The highest BCUT2D eigenvalue weighted by molar-refractivity contribution is 5.70. The Balaban J connectivity index is 2.28. The predicted octanol–water partition coefficient (Wildman–Crippen LogP) is 1.75. The third-order valence-corrected chi connectivity index (χ3v) is 3.09.